The summed E-state index contributed by atoms with van der Waals surface area (Å²) in [5.74, 6) is 0.295. The van der Waals surface area contributed by atoms with Crippen LogP contribution in [0, 0.1) is 13.8 Å². The zero-order valence-electron chi connectivity index (χ0n) is 18.4. The zero-order chi connectivity index (χ0) is 23.1. The molecule has 0 unspecified atom stereocenters. The lowest BCUT2D eigenvalue weighted by Crippen LogP contribution is -2.20. The van der Waals surface area contributed by atoms with Gasteiger partial charge in [0.2, 0.25) is 5.91 Å². The van der Waals surface area contributed by atoms with E-state index in [9.17, 15) is 13.6 Å². The molecule has 0 spiro atoms. The lowest BCUT2D eigenvalue weighted by Gasteiger charge is -2.08. The minimum absolute atomic E-state index is 0.0682. The topological polar surface area (TPSA) is 77.6 Å². The van der Waals surface area contributed by atoms with E-state index in [1.165, 1.54) is 10.7 Å². The minimum Gasteiger partial charge on any atom is -0.308 e. The van der Waals surface area contributed by atoms with E-state index >= 15 is 0 Å². The molecule has 1 aliphatic carbocycles. The molecule has 7 nitrogen and oxygen atoms in total. The van der Waals surface area contributed by atoms with Gasteiger partial charge in [-0.15, -0.1) is 0 Å². The van der Waals surface area contributed by atoms with Crippen molar-refractivity contribution in [1.82, 2.24) is 24.5 Å². The lowest BCUT2D eigenvalue weighted by molar-refractivity contribution is -0.116. The summed E-state index contributed by atoms with van der Waals surface area (Å²) in [5.41, 5.74) is 3.36. The summed E-state index contributed by atoms with van der Waals surface area (Å²) in [4.78, 5) is 17.4. The fourth-order valence-corrected chi connectivity index (χ4v) is 4.08. The lowest BCUT2D eigenvalue weighted by atomic mass is 10.1. The van der Waals surface area contributed by atoms with Gasteiger partial charge in [-0.3, -0.25) is 9.48 Å². The quantitative estimate of drug-likeness (QED) is 0.441. The molecule has 1 aromatic carbocycles. The molecule has 1 aliphatic rings. The normalized spacial score (nSPS) is 13.7. The van der Waals surface area contributed by atoms with Crippen LogP contribution in [0.5, 0.6) is 0 Å². The number of alkyl halides is 2. The SMILES string of the molecule is Cc1nn(CC(=O)Nc2cc(C)n(Cc3ccccc3)n2)c2nc(C3CC3)cc(C(F)F)c12. The Morgan fingerprint density at radius 3 is 2.58 bits per heavy atom. The average Bonchev–Trinajstić information content (AvgIpc) is 3.52. The first-order valence-electron chi connectivity index (χ1n) is 10.9. The third-order valence-corrected chi connectivity index (χ3v) is 5.88. The highest BCUT2D eigenvalue weighted by Crippen LogP contribution is 2.41. The predicted molar refractivity (Wildman–Crippen MR) is 120 cm³/mol. The smallest absolute Gasteiger partial charge is 0.264 e. The van der Waals surface area contributed by atoms with Crippen LogP contribution in [-0.2, 0) is 17.9 Å². The van der Waals surface area contributed by atoms with Crippen LogP contribution in [-0.4, -0.2) is 30.5 Å². The Kier molecular flexibility index (Phi) is 5.39. The Labute approximate surface area is 189 Å². The second kappa shape index (κ2) is 8.38. The van der Waals surface area contributed by atoms with Crippen molar-refractivity contribution in [3.8, 4) is 0 Å². The molecule has 1 saturated carbocycles. The number of benzene rings is 1. The zero-order valence-corrected chi connectivity index (χ0v) is 18.4. The molecule has 1 fully saturated rings. The average molecular weight is 450 g/mol. The molecule has 0 radical (unpaired) electrons. The number of fused-ring (bicyclic) bond motifs is 1. The van der Waals surface area contributed by atoms with Crippen molar-refractivity contribution in [1.29, 1.82) is 0 Å². The predicted octanol–water partition coefficient (Wildman–Crippen LogP) is 4.75. The number of anilines is 1. The molecule has 0 aliphatic heterocycles. The number of amides is 1. The van der Waals surface area contributed by atoms with E-state index in [1.54, 1.807) is 13.0 Å². The van der Waals surface area contributed by atoms with E-state index in [0.717, 1.165) is 24.1 Å². The number of rotatable bonds is 7. The molecule has 0 atom stereocenters. The summed E-state index contributed by atoms with van der Waals surface area (Å²) < 4.78 is 30.7. The number of hydrogen-bond acceptors (Lipinski definition) is 4. The van der Waals surface area contributed by atoms with Gasteiger partial charge in [-0.25, -0.2) is 18.4 Å². The monoisotopic (exact) mass is 450 g/mol. The van der Waals surface area contributed by atoms with Gasteiger partial charge in [0.1, 0.15) is 6.54 Å². The maximum absolute atomic E-state index is 13.7. The van der Waals surface area contributed by atoms with E-state index in [2.05, 4.69) is 20.5 Å². The maximum Gasteiger partial charge on any atom is 0.264 e. The van der Waals surface area contributed by atoms with Crippen molar-refractivity contribution in [2.45, 2.75) is 52.1 Å². The van der Waals surface area contributed by atoms with Crippen LogP contribution in [0.15, 0.2) is 42.5 Å². The second-order valence-corrected chi connectivity index (χ2v) is 8.52. The Morgan fingerprint density at radius 1 is 1.12 bits per heavy atom. The minimum atomic E-state index is -2.63. The first-order chi connectivity index (χ1) is 15.9. The standard InChI is InChI=1S/C24H24F2N6O/c1-14-10-20(30-31(14)12-16-6-4-3-5-7-16)28-21(33)13-32-24-22(15(2)29-32)18(23(25)26)11-19(27-24)17-8-9-17/h3-7,10-11,17,23H,8-9,12-13H2,1-2H3,(H,28,30,33). The summed E-state index contributed by atoms with van der Waals surface area (Å²) in [6.07, 6.45) is -0.741. The van der Waals surface area contributed by atoms with Gasteiger partial charge in [-0.05, 0) is 38.3 Å². The molecule has 3 heterocycles. The summed E-state index contributed by atoms with van der Waals surface area (Å²) in [6.45, 7) is 4.04. The van der Waals surface area contributed by atoms with Crippen LogP contribution >= 0.6 is 0 Å². The number of nitrogens with zero attached hydrogens (tertiary/aromatic N) is 5. The molecule has 0 bridgehead atoms. The van der Waals surface area contributed by atoms with Crippen LogP contribution in [0.4, 0.5) is 14.6 Å². The highest BCUT2D eigenvalue weighted by molar-refractivity contribution is 5.91. The molecular formula is C24H24F2N6O. The van der Waals surface area contributed by atoms with Crippen molar-refractivity contribution >= 4 is 22.8 Å². The van der Waals surface area contributed by atoms with Crippen molar-refractivity contribution in [3.05, 3.63) is 70.7 Å². The van der Waals surface area contributed by atoms with Crippen LogP contribution < -0.4 is 5.32 Å². The molecule has 4 aromatic rings. The molecule has 1 amide bonds. The van der Waals surface area contributed by atoms with Gasteiger partial charge in [-0.1, -0.05) is 30.3 Å². The number of aryl methyl sites for hydroxylation is 2. The molecular weight excluding hydrogens is 426 g/mol. The van der Waals surface area contributed by atoms with E-state index in [4.69, 9.17) is 0 Å². The highest BCUT2D eigenvalue weighted by atomic mass is 19.3. The number of carbonyl (C=O) groups is 1. The second-order valence-electron chi connectivity index (χ2n) is 8.52. The number of halogens is 2. The van der Waals surface area contributed by atoms with Crippen molar-refractivity contribution in [2.24, 2.45) is 0 Å². The molecule has 3 aromatic heterocycles. The third-order valence-electron chi connectivity index (χ3n) is 5.88. The first kappa shape index (κ1) is 21.2. The van der Waals surface area contributed by atoms with Crippen molar-refractivity contribution in [2.75, 3.05) is 5.32 Å². The largest absolute Gasteiger partial charge is 0.308 e. The molecule has 170 valence electrons. The van der Waals surface area contributed by atoms with E-state index < -0.39 is 6.43 Å². The number of aromatic nitrogens is 5. The Balaban J connectivity index is 1.37. The van der Waals surface area contributed by atoms with Gasteiger partial charge in [0.25, 0.3) is 6.43 Å². The van der Waals surface area contributed by atoms with Gasteiger partial charge in [0.15, 0.2) is 11.5 Å². The maximum atomic E-state index is 13.7. The van der Waals surface area contributed by atoms with Crippen molar-refractivity contribution in [3.63, 3.8) is 0 Å². The summed E-state index contributed by atoms with van der Waals surface area (Å²) in [6, 6.07) is 13.2. The molecule has 0 saturated heterocycles. The van der Waals surface area contributed by atoms with E-state index in [-0.39, 0.29) is 23.9 Å². The van der Waals surface area contributed by atoms with Gasteiger partial charge in [-0.2, -0.15) is 10.2 Å². The molecule has 9 heteroatoms. The highest BCUT2D eigenvalue weighted by Gasteiger charge is 2.29. The Morgan fingerprint density at radius 2 is 1.88 bits per heavy atom. The van der Waals surface area contributed by atoms with Gasteiger partial charge < -0.3 is 5.32 Å². The fraction of sp³-hybridized carbons (Fsp3) is 0.333. The summed E-state index contributed by atoms with van der Waals surface area (Å²) in [7, 11) is 0. The summed E-state index contributed by atoms with van der Waals surface area (Å²) >= 11 is 0. The van der Waals surface area contributed by atoms with Gasteiger partial charge in [0.05, 0.1) is 17.6 Å². The molecule has 5 rings (SSSR count). The van der Waals surface area contributed by atoms with Crippen LogP contribution in [0.25, 0.3) is 11.0 Å². The van der Waals surface area contributed by atoms with Gasteiger partial charge in [0, 0.05) is 28.9 Å². The first-order valence-corrected chi connectivity index (χ1v) is 10.9. The van der Waals surface area contributed by atoms with Crippen LogP contribution in [0.3, 0.4) is 0 Å². The van der Waals surface area contributed by atoms with E-state index in [0.29, 0.717) is 34.8 Å². The Hall–Kier alpha value is -3.62. The van der Waals surface area contributed by atoms with Crippen LogP contribution in [0.1, 0.15) is 53.4 Å². The van der Waals surface area contributed by atoms with Crippen LogP contribution in [0.2, 0.25) is 0 Å². The van der Waals surface area contributed by atoms with E-state index in [1.807, 2.05) is 41.9 Å². The summed E-state index contributed by atoms with van der Waals surface area (Å²) in [5, 5.41) is 11.9. The number of hydrogen-bond donors (Lipinski definition) is 1. The van der Waals surface area contributed by atoms with Gasteiger partial charge >= 0.3 is 0 Å². The third kappa shape index (κ3) is 4.35. The number of pyridine rings is 1. The number of nitrogens with one attached hydrogen (secondary N) is 1. The molecule has 1 N–H and O–H groups in total. The fourth-order valence-electron chi connectivity index (χ4n) is 4.08. The number of carbonyl (C=O) groups excluding carboxylic acids is 1. The molecule has 33 heavy (non-hydrogen) atoms. The van der Waals surface area contributed by atoms with Crippen molar-refractivity contribution < 1.29 is 13.6 Å². The Bertz CT molecular complexity index is 1320.